The highest BCUT2D eigenvalue weighted by Gasteiger charge is 2.42. The molecule has 1 saturated heterocycles. The number of aliphatic imine (C=N–C) groups is 2. The molecule has 9 heteroatoms. The van der Waals surface area contributed by atoms with Crippen molar-refractivity contribution in [2.75, 3.05) is 6.61 Å². The van der Waals surface area contributed by atoms with Gasteiger partial charge in [-0.2, -0.15) is 10.1 Å². The SMILES string of the molecule is NC1=NC(=N/N=C\C2CCCCC2)NC2C1N=CN2C1CCC(CO)O1. The molecule has 9 nitrogen and oxygen atoms in total. The first-order valence-corrected chi connectivity index (χ1v) is 9.53. The van der Waals surface area contributed by atoms with Crippen LogP contribution in [0.25, 0.3) is 0 Å². The smallest absolute Gasteiger partial charge is 0.246 e. The van der Waals surface area contributed by atoms with Gasteiger partial charge in [-0.15, -0.1) is 5.10 Å². The Balaban J connectivity index is 1.42. The fourth-order valence-electron chi connectivity index (χ4n) is 4.02. The third-order valence-corrected chi connectivity index (χ3v) is 5.50. The van der Waals surface area contributed by atoms with E-state index in [-0.39, 0.29) is 31.1 Å². The zero-order valence-corrected chi connectivity index (χ0v) is 14.9. The Morgan fingerprint density at radius 3 is 2.92 bits per heavy atom. The number of aliphatic hydroxyl groups is 1. The van der Waals surface area contributed by atoms with Crippen LogP contribution >= 0.6 is 0 Å². The van der Waals surface area contributed by atoms with Gasteiger partial charge in [0.25, 0.3) is 0 Å². The maximum atomic E-state index is 9.28. The van der Waals surface area contributed by atoms with E-state index in [0.717, 1.165) is 12.8 Å². The molecule has 0 radical (unpaired) electrons. The van der Waals surface area contributed by atoms with Crippen LogP contribution in [0.1, 0.15) is 44.9 Å². The zero-order chi connectivity index (χ0) is 17.9. The standard InChI is InChI=1S/C17H27N7O2/c18-15-14-16(24(10-19-14)13-7-6-12(9-25)26-13)22-17(21-15)23-20-8-11-4-2-1-3-5-11/h8,10-14,16,25H,1-7,9H2,(H3,18,21,22,23)/b20-8-. The second-order valence-corrected chi connectivity index (χ2v) is 7.34. The van der Waals surface area contributed by atoms with Crippen LogP contribution in [0, 0.1) is 5.92 Å². The summed E-state index contributed by atoms with van der Waals surface area (Å²) in [6, 6.07) is -0.256. The van der Waals surface area contributed by atoms with Crippen molar-refractivity contribution in [1.29, 1.82) is 0 Å². The first-order valence-electron chi connectivity index (χ1n) is 9.53. The van der Waals surface area contributed by atoms with Gasteiger partial charge in [0.2, 0.25) is 5.96 Å². The van der Waals surface area contributed by atoms with Crippen LogP contribution in [0.2, 0.25) is 0 Å². The molecule has 0 bridgehead atoms. The zero-order valence-electron chi connectivity index (χ0n) is 14.9. The molecule has 4 atom stereocenters. The van der Waals surface area contributed by atoms with Crippen molar-refractivity contribution in [3.05, 3.63) is 0 Å². The summed E-state index contributed by atoms with van der Waals surface area (Å²) in [4.78, 5) is 10.8. The summed E-state index contributed by atoms with van der Waals surface area (Å²) in [5, 5.41) is 21.0. The van der Waals surface area contributed by atoms with Crippen molar-refractivity contribution in [2.45, 2.75) is 69.5 Å². The molecule has 0 aromatic heterocycles. The van der Waals surface area contributed by atoms with Crippen molar-refractivity contribution in [3.63, 3.8) is 0 Å². The molecule has 0 aromatic rings. The Hall–Kier alpha value is -2.00. The Labute approximate surface area is 153 Å². The molecule has 2 fully saturated rings. The second-order valence-electron chi connectivity index (χ2n) is 7.34. The Morgan fingerprint density at radius 1 is 1.31 bits per heavy atom. The summed E-state index contributed by atoms with van der Waals surface area (Å²) in [5.41, 5.74) is 6.10. The van der Waals surface area contributed by atoms with E-state index in [1.165, 1.54) is 32.1 Å². The first-order chi connectivity index (χ1) is 12.7. The third kappa shape index (κ3) is 3.59. The lowest BCUT2D eigenvalue weighted by atomic mass is 9.90. The lowest BCUT2D eigenvalue weighted by molar-refractivity contribution is -0.0513. The second kappa shape index (κ2) is 7.71. The van der Waals surface area contributed by atoms with E-state index in [0.29, 0.717) is 17.7 Å². The number of ether oxygens (including phenoxy) is 1. The predicted molar refractivity (Wildman–Crippen MR) is 100 cm³/mol. The molecular formula is C17H27N7O2. The summed E-state index contributed by atoms with van der Waals surface area (Å²) in [6.07, 6.45) is 11.2. The van der Waals surface area contributed by atoms with Gasteiger partial charge in [0.05, 0.1) is 19.0 Å². The average molecular weight is 361 g/mol. The van der Waals surface area contributed by atoms with E-state index in [1.54, 1.807) is 6.34 Å². The molecular weight excluding hydrogens is 334 g/mol. The van der Waals surface area contributed by atoms with Crippen LogP contribution in [0.15, 0.2) is 20.2 Å². The number of fused-ring (bicyclic) bond motifs is 1. The quantitative estimate of drug-likeness (QED) is 0.495. The van der Waals surface area contributed by atoms with Gasteiger partial charge in [0.15, 0.2) is 0 Å². The average Bonchev–Trinajstić information content (AvgIpc) is 3.29. The molecule has 4 rings (SSSR count). The van der Waals surface area contributed by atoms with Crippen molar-refractivity contribution in [2.24, 2.45) is 31.8 Å². The number of rotatable bonds is 4. The molecule has 4 aliphatic rings. The number of aliphatic hydroxyl groups excluding tert-OH is 1. The van der Waals surface area contributed by atoms with Gasteiger partial charge in [-0.25, -0.2) is 0 Å². The number of guanidine groups is 1. The minimum absolute atomic E-state index is 0.0369. The van der Waals surface area contributed by atoms with Gasteiger partial charge in [0.1, 0.15) is 24.3 Å². The van der Waals surface area contributed by atoms with Crippen molar-refractivity contribution in [3.8, 4) is 0 Å². The van der Waals surface area contributed by atoms with Crippen molar-refractivity contribution >= 4 is 24.3 Å². The summed E-state index contributed by atoms with van der Waals surface area (Å²) in [7, 11) is 0. The summed E-state index contributed by atoms with van der Waals surface area (Å²) < 4.78 is 5.87. The number of hydrogen-bond acceptors (Lipinski definition) is 7. The fraction of sp³-hybridized carbons (Fsp3) is 0.765. The monoisotopic (exact) mass is 361 g/mol. The lowest BCUT2D eigenvalue weighted by Crippen LogP contribution is -2.59. The summed E-state index contributed by atoms with van der Waals surface area (Å²) in [5.74, 6) is 1.35. The lowest BCUT2D eigenvalue weighted by Gasteiger charge is -2.34. The Kier molecular flexibility index (Phi) is 5.16. The highest BCUT2D eigenvalue weighted by Crippen LogP contribution is 2.27. The normalized spacial score (nSPS) is 36.6. The van der Waals surface area contributed by atoms with E-state index in [1.807, 2.05) is 11.1 Å². The number of nitrogens with one attached hydrogen (secondary N) is 1. The number of amidine groups is 1. The van der Waals surface area contributed by atoms with Gasteiger partial charge in [0, 0.05) is 6.21 Å². The van der Waals surface area contributed by atoms with E-state index in [9.17, 15) is 5.11 Å². The summed E-state index contributed by atoms with van der Waals surface area (Å²) in [6.45, 7) is 0.0369. The number of nitrogens with two attached hydrogens (primary N) is 1. The van der Waals surface area contributed by atoms with Crippen LogP contribution in [0.5, 0.6) is 0 Å². The third-order valence-electron chi connectivity index (χ3n) is 5.50. The molecule has 3 aliphatic heterocycles. The fourth-order valence-corrected chi connectivity index (χ4v) is 4.02. The van der Waals surface area contributed by atoms with Crippen LogP contribution in [-0.2, 0) is 4.74 Å². The Bertz CT molecular complexity index is 627. The molecule has 4 N–H and O–H groups in total. The van der Waals surface area contributed by atoms with E-state index >= 15 is 0 Å². The highest BCUT2D eigenvalue weighted by molar-refractivity contribution is 6.02. The highest BCUT2D eigenvalue weighted by atomic mass is 16.5. The Morgan fingerprint density at radius 2 is 2.15 bits per heavy atom. The number of nitrogens with zero attached hydrogens (tertiary/aromatic N) is 5. The molecule has 0 aromatic carbocycles. The van der Waals surface area contributed by atoms with Gasteiger partial charge in [-0.05, 0) is 31.6 Å². The van der Waals surface area contributed by atoms with Gasteiger partial charge < -0.3 is 25.8 Å². The van der Waals surface area contributed by atoms with Gasteiger partial charge in [-0.1, -0.05) is 19.3 Å². The minimum Gasteiger partial charge on any atom is -0.394 e. The molecule has 26 heavy (non-hydrogen) atoms. The molecule has 3 heterocycles. The van der Waals surface area contributed by atoms with E-state index < -0.39 is 0 Å². The molecule has 0 amide bonds. The van der Waals surface area contributed by atoms with Crippen LogP contribution in [-0.4, -0.2) is 65.5 Å². The van der Waals surface area contributed by atoms with Crippen LogP contribution in [0.3, 0.4) is 0 Å². The van der Waals surface area contributed by atoms with Crippen LogP contribution < -0.4 is 11.1 Å². The minimum atomic E-state index is -0.256. The van der Waals surface area contributed by atoms with Gasteiger partial charge in [-0.3, -0.25) is 4.99 Å². The first kappa shape index (κ1) is 17.4. The maximum Gasteiger partial charge on any atom is 0.246 e. The van der Waals surface area contributed by atoms with Crippen molar-refractivity contribution < 1.29 is 9.84 Å². The van der Waals surface area contributed by atoms with Crippen molar-refractivity contribution in [1.82, 2.24) is 10.2 Å². The van der Waals surface area contributed by atoms with E-state index in [4.69, 9.17) is 10.5 Å². The molecule has 0 spiro atoms. The predicted octanol–water partition coefficient (Wildman–Crippen LogP) is 0.405. The molecule has 4 unspecified atom stereocenters. The van der Waals surface area contributed by atoms with Crippen LogP contribution in [0.4, 0.5) is 0 Å². The topological polar surface area (TPSA) is 120 Å². The molecule has 1 saturated carbocycles. The molecule has 1 aliphatic carbocycles. The summed E-state index contributed by atoms with van der Waals surface area (Å²) >= 11 is 0. The molecule has 142 valence electrons. The number of hydrogen-bond donors (Lipinski definition) is 3. The maximum absolute atomic E-state index is 9.28. The largest absolute Gasteiger partial charge is 0.394 e. The van der Waals surface area contributed by atoms with E-state index in [2.05, 4.69) is 25.5 Å². The van der Waals surface area contributed by atoms with Gasteiger partial charge >= 0.3 is 0 Å².